The molecule has 0 spiro atoms. The van der Waals surface area contributed by atoms with E-state index in [1.54, 1.807) is 0 Å². The van der Waals surface area contributed by atoms with Crippen molar-refractivity contribution in [3.05, 3.63) is 87.7 Å². The molecule has 3 aromatic rings. The molecule has 2 aromatic carbocycles. The van der Waals surface area contributed by atoms with E-state index < -0.39 is 0 Å². The molecular formula is C28H38Cl2N4Ru. The summed E-state index contributed by atoms with van der Waals surface area (Å²) in [5.74, 6) is 0. The molecule has 192 valence electrons. The molecule has 0 saturated heterocycles. The molecule has 0 atom stereocenters. The van der Waals surface area contributed by atoms with Crippen LogP contribution in [0, 0.1) is 41.5 Å². The van der Waals surface area contributed by atoms with Crippen LogP contribution in [0.25, 0.3) is 0 Å². The number of hydrogen-bond donors (Lipinski definition) is 2. The van der Waals surface area contributed by atoms with Crippen LogP contribution in [0.2, 0.25) is 0 Å². The van der Waals surface area contributed by atoms with E-state index in [0.29, 0.717) is 0 Å². The van der Waals surface area contributed by atoms with Crippen LogP contribution in [-0.4, -0.2) is 36.1 Å². The van der Waals surface area contributed by atoms with E-state index in [0.717, 1.165) is 38.4 Å². The topological polar surface area (TPSA) is 40.2 Å². The van der Waals surface area contributed by atoms with E-state index in [-0.39, 0.29) is 44.3 Å². The van der Waals surface area contributed by atoms with Gasteiger partial charge in [-0.15, -0.1) is 0 Å². The first kappa shape index (κ1) is 33.4. The van der Waals surface area contributed by atoms with E-state index in [1.807, 2.05) is 12.3 Å². The van der Waals surface area contributed by atoms with Crippen LogP contribution in [0.1, 0.15) is 39.1 Å². The zero-order valence-electron chi connectivity index (χ0n) is 21.7. The zero-order valence-corrected chi connectivity index (χ0v) is 24.9. The molecule has 35 heavy (non-hydrogen) atoms. The average molecular weight is 603 g/mol. The Morgan fingerprint density at radius 1 is 0.686 bits per heavy atom. The Balaban J connectivity index is 0.00000385. The summed E-state index contributed by atoms with van der Waals surface area (Å²) < 4.78 is 0. The van der Waals surface area contributed by atoms with Gasteiger partial charge >= 0.3 is 19.5 Å². The second-order valence-corrected chi connectivity index (χ2v) is 9.00. The third-order valence-corrected chi connectivity index (χ3v) is 5.93. The predicted molar refractivity (Wildman–Crippen MR) is 138 cm³/mol. The van der Waals surface area contributed by atoms with Crippen molar-refractivity contribution in [1.29, 1.82) is 0 Å². The standard InChI is InChI=1S/C28H38N4.2ClH.Ru/c1-20-15-22(3)27(23(4)16-20)30-11-13-32(19-26-9-7-8-10-29-26)14-12-31-28-24(5)17-21(2)18-25(28)6;;;/h7-10,15-18,30-31H,11-14,19H2,1-6H3;2*1H;/q;;;+2/p-2. The fourth-order valence-electron chi connectivity index (χ4n) is 4.59. The number of aromatic nitrogens is 1. The maximum atomic E-state index is 4.54. The summed E-state index contributed by atoms with van der Waals surface area (Å²) in [6, 6.07) is 15.1. The SMILES string of the molecule is Cc1cc(C)c(NCCN(CCNc2c(C)cc(C)cc2C)Cc2ccccn2)c(C)c1.[Cl-].[Cl-].[Ru+2]. The first-order chi connectivity index (χ1) is 15.3. The summed E-state index contributed by atoms with van der Waals surface area (Å²) in [6.07, 6.45) is 1.88. The van der Waals surface area contributed by atoms with Crippen LogP contribution >= 0.6 is 0 Å². The van der Waals surface area contributed by atoms with Crippen molar-refractivity contribution in [1.82, 2.24) is 9.88 Å². The van der Waals surface area contributed by atoms with Gasteiger partial charge in [0.25, 0.3) is 0 Å². The van der Waals surface area contributed by atoms with Crippen LogP contribution in [-0.2, 0) is 26.0 Å². The number of hydrogen-bond acceptors (Lipinski definition) is 4. The molecule has 3 rings (SSSR count). The van der Waals surface area contributed by atoms with E-state index in [4.69, 9.17) is 0 Å². The van der Waals surface area contributed by atoms with Gasteiger partial charge < -0.3 is 35.4 Å². The third-order valence-electron chi connectivity index (χ3n) is 5.93. The first-order valence-electron chi connectivity index (χ1n) is 11.6. The van der Waals surface area contributed by atoms with Gasteiger partial charge in [0.05, 0.1) is 5.69 Å². The number of halogens is 2. The van der Waals surface area contributed by atoms with Crippen molar-refractivity contribution in [2.24, 2.45) is 0 Å². The molecule has 1 aromatic heterocycles. The fraction of sp³-hybridized carbons (Fsp3) is 0.393. The number of anilines is 2. The smallest absolute Gasteiger partial charge is 1.00 e. The number of rotatable bonds is 10. The van der Waals surface area contributed by atoms with Gasteiger partial charge in [-0.1, -0.05) is 41.5 Å². The van der Waals surface area contributed by atoms with Gasteiger partial charge in [0.1, 0.15) is 0 Å². The first-order valence-corrected chi connectivity index (χ1v) is 11.6. The van der Waals surface area contributed by atoms with Crippen LogP contribution in [0.5, 0.6) is 0 Å². The van der Waals surface area contributed by atoms with Crippen LogP contribution < -0.4 is 35.4 Å². The molecule has 4 nitrogen and oxygen atoms in total. The summed E-state index contributed by atoms with van der Waals surface area (Å²) in [4.78, 5) is 7.02. The number of nitrogens with one attached hydrogen (secondary N) is 2. The molecule has 0 aliphatic rings. The van der Waals surface area contributed by atoms with Gasteiger partial charge in [-0.3, -0.25) is 9.88 Å². The van der Waals surface area contributed by atoms with Crippen molar-refractivity contribution in [3.63, 3.8) is 0 Å². The minimum absolute atomic E-state index is 0. The summed E-state index contributed by atoms with van der Waals surface area (Å²) in [6.45, 7) is 17.6. The Morgan fingerprint density at radius 2 is 1.11 bits per heavy atom. The van der Waals surface area contributed by atoms with Gasteiger partial charge in [0.2, 0.25) is 0 Å². The molecule has 2 N–H and O–H groups in total. The van der Waals surface area contributed by atoms with Gasteiger partial charge in [-0.05, 0) is 75.9 Å². The van der Waals surface area contributed by atoms with Crippen molar-refractivity contribution in [2.45, 2.75) is 48.1 Å². The van der Waals surface area contributed by atoms with Gasteiger partial charge in [-0.2, -0.15) is 0 Å². The molecule has 7 heteroatoms. The second kappa shape index (κ2) is 16.2. The predicted octanol–water partition coefficient (Wildman–Crippen LogP) is -0.0362. The Bertz CT molecular complexity index is 935. The quantitative estimate of drug-likeness (QED) is 0.320. The summed E-state index contributed by atoms with van der Waals surface area (Å²) in [5, 5.41) is 7.35. The van der Waals surface area contributed by atoms with Gasteiger partial charge in [-0.25, -0.2) is 0 Å². The molecule has 0 bridgehead atoms. The Kier molecular flexibility index (Phi) is 15.4. The van der Waals surface area contributed by atoms with Crippen molar-refractivity contribution in [3.8, 4) is 0 Å². The molecule has 0 saturated carbocycles. The Hall–Kier alpha value is -1.65. The van der Waals surface area contributed by atoms with Crippen LogP contribution in [0.3, 0.4) is 0 Å². The summed E-state index contributed by atoms with van der Waals surface area (Å²) >= 11 is 0. The molecular weight excluding hydrogens is 564 g/mol. The number of pyridine rings is 1. The Labute approximate surface area is 237 Å². The van der Waals surface area contributed by atoms with E-state index in [2.05, 4.69) is 98.5 Å². The van der Waals surface area contributed by atoms with Crippen molar-refractivity contribution >= 4 is 11.4 Å². The monoisotopic (exact) mass is 602 g/mol. The maximum absolute atomic E-state index is 4.54. The summed E-state index contributed by atoms with van der Waals surface area (Å²) in [5.41, 5.74) is 11.5. The molecule has 0 aliphatic heterocycles. The van der Waals surface area contributed by atoms with Crippen LogP contribution in [0.4, 0.5) is 11.4 Å². The molecule has 0 unspecified atom stereocenters. The van der Waals surface area contributed by atoms with E-state index in [9.17, 15) is 0 Å². The largest absolute Gasteiger partial charge is 2.00 e. The number of aryl methyl sites for hydroxylation is 6. The minimum atomic E-state index is 0. The minimum Gasteiger partial charge on any atom is -1.00 e. The maximum Gasteiger partial charge on any atom is 2.00 e. The normalized spacial score (nSPS) is 10.1. The molecule has 0 aliphatic carbocycles. The second-order valence-electron chi connectivity index (χ2n) is 9.00. The molecule has 0 amide bonds. The molecule has 0 radical (unpaired) electrons. The molecule has 0 fully saturated rings. The molecule has 1 heterocycles. The third kappa shape index (κ3) is 10.1. The zero-order chi connectivity index (χ0) is 23.1. The Morgan fingerprint density at radius 3 is 1.49 bits per heavy atom. The van der Waals surface area contributed by atoms with Crippen molar-refractivity contribution in [2.75, 3.05) is 36.8 Å². The number of nitrogens with zero attached hydrogens (tertiary/aromatic N) is 2. The van der Waals surface area contributed by atoms with Crippen molar-refractivity contribution < 1.29 is 44.3 Å². The van der Waals surface area contributed by atoms with E-state index in [1.165, 1.54) is 44.8 Å². The van der Waals surface area contributed by atoms with Gasteiger partial charge in [0, 0.05) is 50.3 Å². The van der Waals surface area contributed by atoms with E-state index >= 15 is 0 Å². The summed E-state index contributed by atoms with van der Waals surface area (Å²) in [7, 11) is 0. The van der Waals surface area contributed by atoms with Gasteiger partial charge in [0.15, 0.2) is 0 Å². The number of benzene rings is 2. The fourth-order valence-corrected chi connectivity index (χ4v) is 4.59. The van der Waals surface area contributed by atoms with Crippen LogP contribution in [0.15, 0.2) is 48.7 Å². The average Bonchev–Trinajstić information content (AvgIpc) is 2.72.